The fourth-order valence-electron chi connectivity index (χ4n) is 5.77. The Morgan fingerprint density at radius 1 is 0.854 bits per heavy atom. The van der Waals surface area contributed by atoms with Gasteiger partial charge in [0, 0.05) is 60.4 Å². The van der Waals surface area contributed by atoms with Crippen molar-refractivity contribution in [2.75, 3.05) is 49.5 Å². The first-order valence-electron chi connectivity index (χ1n) is 16.3. The molecule has 48 heavy (non-hydrogen) atoms. The standard InChI is InChI=1S/C37H40N6O4S/c1-3-4-20-38-48(45,46)34-25-28(15-14-27(34)2)36-32-12-8-9-13-33(32)37(41-40-36)39-29-16-18-31(19-17-29)47-26-35(44)43-23-21-42(22-24-43)30-10-6-5-7-11-30/h5-19,25,38H,3-4,20-24,26H2,1-2H3,(H,39,41). The van der Waals surface area contributed by atoms with E-state index in [1.54, 1.807) is 19.1 Å². The molecule has 4 aromatic carbocycles. The Morgan fingerprint density at radius 3 is 2.29 bits per heavy atom. The van der Waals surface area contributed by atoms with E-state index in [0.717, 1.165) is 42.4 Å². The number of aromatic nitrogens is 2. The Bertz CT molecular complexity index is 1980. The topological polar surface area (TPSA) is 117 Å². The number of piperazine rings is 1. The first-order chi connectivity index (χ1) is 23.3. The molecule has 248 valence electrons. The predicted octanol–water partition coefficient (Wildman–Crippen LogP) is 6.15. The second-order valence-corrected chi connectivity index (χ2v) is 13.6. The molecule has 0 unspecified atom stereocenters. The Labute approximate surface area is 281 Å². The van der Waals surface area contributed by atoms with Crippen LogP contribution in [0.15, 0.2) is 102 Å². The highest BCUT2D eigenvalue weighted by atomic mass is 32.2. The maximum atomic E-state index is 13.1. The van der Waals surface area contributed by atoms with Crippen LogP contribution in [0.3, 0.4) is 0 Å². The van der Waals surface area contributed by atoms with Crippen LogP contribution in [0.5, 0.6) is 5.75 Å². The molecule has 1 aliphatic rings. The molecule has 0 aliphatic carbocycles. The number of nitrogens with one attached hydrogen (secondary N) is 2. The second-order valence-electron chi connectivity index (χ2n) is 11.8. The van der Waals surface area contributed by atoms with Crippen molar-refractivity contribution >= 4 is 43.9 Å². The van der Waals surface area contributed by atoms with Gasteiger partial charge in [0.2, 0.25) is 10.0 Å². The molecule has 6 rings (SSSR count). The zero-order valence-corrected chi connectivity index (χ0v) is 28.0. The maximum Gasteiger partial charge on any atom is 0.260 e. The van der Waals surface area contributed by atoms with Crippen LogP contribution in [-0.2, 0) is 14.8 Å². The van der Waals surface area contributed by atoms with Gasteiger partial charge in [-0.05, 0) is 61.4 Å². The number of nitrogens with zero attached hydrogens (tertiary/aromatic N) is 4. The van der Waals surface area contributed by atoms with Crippen LogP contribution in [-0.4, -0.2) is 68.8 Å². The van der Waals surface area contributed by atoms with Gasteiger partial charge < -0.3 is 19.9 Å². The average molecular weight is 665 g/mol. The molecule has 0 radical (unpaired) electrons. The van der Waals surface area contributed by atoms with Gasteiger partial charge in [0.1, 0.15) is 11.4 Å². The first-order valence-corrected chi connectivity index (χ1v) is 17.7. The highest BCUT2D eigenvalue weighted by Gasteiger charge is 2.22. The molecular weight excluding hydrogens is 625 g/mol. The van der Waals surface area contributed by atoms with Crippen molar-refractivity contribution in [3.63, 3.8) is 0 Å². The van der Waals surface area contributed by atoms with Gasteiger partial charge in [-0.2, -0.15) is 0 Å². The molecule has 1 aliphatic heterocycles. The highest BCUT2D eigenvalue weighted by molar-refractivity contribution is 7.89. The molecule has 0 atom stereocenters. The second kappa shape index (κ2) is 14.8. The lowest BCUT2D eigenvalue weighted by Gasteiger charge is -2.36. The number of anilines is 3. The number of hydrogen-bond donors (Lipinski definition) is 2. The fourth-order valence-corrected chi connectivity index (χ4v) is 7.11. The lowest BCUT2D eigenvalue weighted by atomic mass is 10.0. The van der Waals surface area contributed by atoms with Crippen molar-refractivity contribution in [3.8, 4) is 17.0 Å². The van der Waals surface area contributed by atoms with Crippen LogP contribution < -0.4 is 19.7 Å². The molecular formula is C37H40N6O4S. The smallest absolute Gasteiger partial charge is 0.260 e. The van der Waals surface area contributed by atoms with Crippen molar-refractivity contribution in [2.24, 2.45) is 0 Å². The number of amides is 1. The van der Waals surface area contributed by atoms with Gasteiger partial charge in [0.25, 0.3) is 5.91 Å². The molecule has 2 N–H and O–H groups in total. The summed E-state index contributed by atoms with van der Waals surface area (Å²) < 4.78 is 34.7. The number of para-hydroxylation sites is 1. The van der Waals surface area contributed by atoms with E-state index in [1.807, 2.05) is 84.6 Å². The summed E-state index contributed by atoms with van der Waals surface area (Å²) in [7, 11) is -3.67. The number of carbonyl (C=O) groups excluding carboxylic acids is 1. The minimum atomic E-state index is -3.67. The number of carbonyl (C=O) groups is 1. The monoisotopic (exact) mass is 664 g/mol. The van der Waals surface area contributed by atoms with E-state index in [9.17, 15) is 13.2 Å². The summed E-state index contributed by atoms with van der Waals surface area (Å²) >= 11 is 0. The van der Waals surface area contributed by atoms with Crippen molar-refractivity contribution in [2.45, 2.75) is 31.6 Å². The molecule has 0 saturated carbocycles. The number of benzene rings is 4. The van der Waals surface area contributed by atoms with Crippen molar-refractivity contribution < 1.29 is 17.9 Å². The van der Waals surface area contributed by atoms with Gasteiger partial charge in [-0.1, -0.05) is 67.9 Å². The minimum Gasteiger partial charge on any atom is -0.484 e. The van der Waals surface area contributed by atoms with E-state index in [2.05, 4.69) is 37.3 Å². The number of ether oxygens (including phenoxy) is 1. The van der Waals surface area contributed by atoms with Gasteiger partial charge in [-0.3, -0.25) is 4.79 Å². The predicted molar refractivity (Wildman–Crippen MR) is 190 cm³/mol. The summed E-state index contributed by atoms with van der Waals surface area (Å²) in [6.45, 7) is 7.08. The first kappa shape index (κ1) is 32.9. The molecule has 2 heterocycles. The van der Waals surface area contributed by atoms with E-state index in [0.29, 0.717) is 48.0 Å². The van der Waals surface area contributed by atoms with E-state index in [1.165, 1.54) is 5.69 Å². The third kappa shape index (κ3) is 7.58. The van der Waals surface area contributed by atoms with E-state index in [-0.39, 0.29) is 17.4 Å². The van der Waals surface area contributed by atoms with E-state index >= 15 is 0 Å². The lowest BCUT2D eigenvalue weighted by Crippen LogP contribution is -2.50. The average Bonchev–Trinajstić information content (AvgIpc) is 3.12. The molecule has 1 fully saturated rings. The van der Waals surface area contributed by atoms with Gasteiger partial charge >= 0.3 is 0 Å². The SMILES string of the molecule is CCCCNS(=O)(=O)c1cc(-c2nnc(Nc3ccc(OCC(=O)N4CCN(c5ccccc5)CC4)cc3)c3ccccc23)ccc1C. The number of sulfonamides is 1. The lowest BCUT2D eigenvalue weighted by molar-refractivity contribution is -0.133. The van der Waals surface area contributed by atoms with Gasteiger partial charge in [-0.15, -0.1) is 10.2 Å². The number of rotatable bonds is 12. The third-order valence-corrected chi connectivity index (χ3v) is 10.1. The Morgan fingerprint density at radius 2 is 1.56 bits per heavy atom. The third-order valence-electron chi connectivity index (χ3n) is 8.49. The van der Waals surface area contributed by atoms with Crippen LogP contribution in [0, 0.1) is 6.92 Å². The van der Waals surface area contributed by atoms with E-state index in [4.69, 9.17) is 4.74 Å². The number of fused-ring (bicyclic) bond motifs is 1. The molecule has 11 heteroatoms. The Hall–Kier alpha value is -5.00. The number of unbranched alkanes of at least 4 members (excludes halogenated alkanes) is 1. The van der Waals surface area contributed by atoms with Gasteiger partial charge in [0.05, 0.1) is 4.90 Å². The summed E-state index contributed by atoms with van der Waals surface area (Å²) in [6, 6.07) is 30.7. The molecule has 5 aromatic rings. The Kier molecular flexibility index (Phi) is 10.2. The van der Waals surface area contributed by atoms with Gasteiger partial charge in [0.15, 0.2) is 12.4 Å². The largest absolute Gasteiger partial charge is 0.484 e. The normalized spacial score (nSPS) is 13.5. The van der Waals surface area contributed by atoms with Crippen LogP contribution in [0.2, 0.25) is 0 Å². The maximum absolute atomic E-state index is 13.1. The van der Waals surface area contributed by atoms with Crippen molar-refractivity contribution in [1.29, 1.82) is 0 Å². The fraction of sp³-hybridized carbons (Fsp3) is 0.270. The summed E-state index contributed by atoms with van der Waals surface area (Å²) in [4.78, 5) is 17.2. The number of hydrogen-bond acceptors (Lipinski definition) is 8. The van der Waals surface area contributed by atoms with Crippen LogP contribution in [0.1, 0.15) is 25.3 Å². The molecule has 1 aromatic heterocycles. The van der Waals surface area contributed by atoms with Crippen LogP contribution >= 0.6 is 0 Å². The quantitative estimate of drug-likeness (QED) is 0.153. The number of aryl methyl sites for hydroxylation is 1. The van der Waals surface area contributed by atoms with Crippen LogP contribution in [0.4, 0.5) is 17.2 Å². The van der Waals surface area contributed by atoms with Crippen molar-refractivity contribution in [3.05, 3.63) is 103 Å². The minimum absolute atomic E-state index is 0.0213. The zero-order chi connectivity index (χ0) is 33.5. The van der Waals surface area contributed by atoms with Crippen molar-refractivity contribution in [1.82, 2.24) is 19.8 Å². The summed E-state index contributed by atoms with van der Waals surface area (Å²) in [6.07, 6.45) is 1.67. The molecule has 0 bridgehead atoms. The summed E-state index contributed by atoms with van der Waals surface area (Å²) in [5.41, 5.74) is 3.88. The summed E-state index contributed by atoms with van der Waals surface area (Å²) in [5, 5.41) is 14.1. The van der Waals surface area contributed by atoms with Gasteiger partial charge in [-0.25, -0.2) is 13.1 Å². The van der Waals surface area contributed by atoms with E-state index < -0.39 is 10.0 Å². The Balaban J connectivity index is 1.11. The molecule has 1 amide bonds. The molecule has 1 saturated heterocycles. The summed E-state index contributed by atoms with van der Waals surface area (Å²) in [5.74, 6) is 1.13. The molecule has 0 spiro atoms. The zero-order valence-electron chi connectivity index (χ0n) is 27.2. The van der Waals surface area contributed by atoms with Crippen LogP contribution in [0.25, 0.3) is 22.0 Å². The highest BCUT2D eigenvalue weighted by Crippen LogP contribution is 2.33. The molecule has 10 nitrogen and oxygen atoms in total.